The highest BCUT2D eigenvalue weighted by Gasteiger charge is 2.35. The van der Waals surface area contributed by atoms with Crippen LogP contribution in [-0.4, -0.2) is 23.5 Å². The van der Waals surface area contributed by atoms with Crippen LogP contribution in [0.1, 0.15) is 48.2 Å². The average molecular weight is 277 g/mol. The van der Waals surface area contributed by atoms with Crippen molar-refractivity contribution in [3.63, 3.8) is 0 Å². The van der Waals surface area contributed by atoms with Gasteiger partial charge in [-0.05, 0) is 37.8 Å². The Hall–Kier alpha value is -1.84. The van der Waals surface area contributed by atoms with E-state index in [1.54, 1.807) is 0 Å². The molecule has 0 atom stereocenters. The molecular weight excluding hydrogens is 254 g/mol. The van der Waals surface area contributed by atoms with E-state index in [-0.39, 0.29) is 12.5 Å². The zero-order valence-corrected chi connectivity index (χ0v) is 12.6. The van der Waals surface area contributed by atoms with Gasteiger partial charge in [0.05, 0.1) is 5.41 Å². The van der Waals surface area contributed by atoms with Crippen LogP contribution < -0.4 is 5.32 Å². The van der Waals surface area contributed by atoms with Gasteiger partial charge in [-0.15, -0.1) is 0 Å². The highest BCUT2D eigenvalue weighted by molar-refractivity contribution is 5.97. The third kappa shape index (κ3) is 3.18. The summed E-state index contributed by atoms with van der Waals surface area (Å²) in [7, 11) is 0. The number of aryl methyl sites for hydroxylation is 2. The van der Waals surface area contributed by atoms with Crippen LogP contribution in [0, 0.1) is 19.3 Å². The molecule has 0 aliphatic carbocycles. The van der Waals surface area contributed by atoms with Gasteiger partial charge in [0.15, 0.2) is 0 Å². The van der Waals surface area contributed by atoms with Gasteiger partial charge in [-0.25, -0.2) is 0 Å². The molecule has 1 rings (SSSR count). The predicted octanol–water partition coefficient (Wildman–Crippen LogP) is 2.92. The molecule has 0 spiro atoms. The van der Waals surface area contributed by atoms with Crippen LogP contribution >= 0.6 is 0 Å². The third-order valence-electron chi connectivity index (χ3n) is 4.10. The molecule has 20 heavy (non-hydrogen) atoms. The predicted molar refractivity (Wildman–Crippen MR) is 78.9 cm³/mol. The lowest BCUT2D eigenvalue weighted by Gasteiger charge is -2.27. The monoisotopic (exact) mass is 277 g/mol. The van der Waals surface area contributed by atoms with Crippen LogP contribution in [0.2, 0.25) is 0 Å². The van der Waals surface area contributed by atoms with Crippen molar-refractivity contribution < 1.29 is 14.7 Å². The standard InChI is InChI=1S/C16H23NO3/c1-5-16(6-2,15(19)20)10-17-14(18)13-11(3)8-7-9-12(13)4/h7-9H,5-6,10H2,1-4H3,(H,17,18)(H,19,20). The number of carbonyl (C=O) groups is 2. The molecule has 4 heteroatoms. The number of benzene rings is 1. The van der Waals surface area contributed by atoms with Crippen molar-refractivity contribution in [2.75, 3.05) is 6.54 Å². The molecule has 1 amide bonds. The maximum Gasteiger partial charge on any atom is 0.311 e. The van der Waals surface area contributed by atoms with Crippen LogP contribution in [0.4, 0.5) is 0 Å². The van der Waals surface area contributed by atoms with Gasteiger partial charge in [-0.3, -0.25) is 9.59 Å². The van der Waals surface area contributed by atoms with Gasteiger partial charge in [0.2, 0.25) is 0 Å². The number of amides is 1. The first-order chi connectivity index (χ1) is 9.38. The van der Waals surface area contributed by atoms with E-state index in [4.69, 9.17) is 0 Å². The van der Waals surface area contributed by atoms with E-state index in [1.165, 1.54) is 0 Å². The minimum atomic E-state index is -0.883. The van der Waals surface area contributed by atoms with E-state index in [0.717, 1.165) is 11.1 Å². The first kappa shape index (κ1) is 16.2. The maximum absolute atomic E-state index is 12.3. The smallest absolute Gasteiger partial charge is 0.311 e. The van der Waals surface area contributed by atoms with Gasteiger partial charge in [-0.2, -0.15) is 0 Å². The van der Waals surface area contributed by atoms with Crippen molar-refractivity contribution >= 4 is 11.9 Å². The number of rotatable bonds is 6. The van der Waals surface area contributed by atoms with Crippen molar-refractivity contribution in [1.82, 2.24) is 5.32 Å². The molecule has 0 saturated carbocycles. The van der Waals surface area contributed by atoms with Gasteiger partial charge in [0.25, 0.3) is 5.91 Å². The minimum Gasteiger partial charge on any atom is -0.481 e. The van der Waals surface area contributed by atoms with E-state index in [2.05, 4.69) is 5.32 Å². The molecule has 0 aliphatic rings. The number of carboxylic acids is 1. The summed E-state index contributed by atoms with van der Waals surface area (Å²) in [6.45, 7) is 7.59. The number of hydrogen-bond acceptors (Lipinski definition) is 2. The molecule has 110 valence electrons. The summed E-state index contributed by atoms with van der Waals surface area (Å²) in [5.41, 5.74) is 1.55. The van der Waals surface area contributed by atoms with Crippen LogP contribution in [0.5, 0.6) is 0 Å². The second-order valence-electron chi connectivity index (χ2n) is 5.24. The molecule has 1 aromatic rings. The topological polar surface area (TPSA) is 66.4 Å². The molecule has 0 unspecified atom stereocenters. The lowest BCUT2D eigenvalue weighted by atomic mass is 9.82. The fraction of sp³-hybridized carbons (Fsp3) is 0.500. The molecule has 0 bridgehead atoms. The van der Waals surface area contributed by atoms with E-state index in [1.807, 2.05) is 45.9 Å². The molecule has 0 aromatic heterocycles. The van der Waals surface area contributed by atoms with E-state index >= 15 is 0 Å². The van der Waals surface area contributed by atoms with Gasteiger partial charge in [0, 0.05) is 12.1 Å². The molecule has 0 aliphatic heterocycles. The Bertz CT molecular complexity index is 484. The largest absolute Gasteiger partial charge is 0.481 e. The molecule has 0 radical (unpaired) electrons. The highest BCUT2D eigenvalue weighted by Crippen LogP contribution is 2.26. The van der Waals surface area contributed by atoms with Crippen molar-refractivity contribution in [3.05, 3.63) is 34.9 Å². The second-order valence-corrected chi connectivity index (χ2v) is 5.24. The lowest BCUT2D eigenvalue weighted by Crippen LogP contribution is -2.42. The SMILES string of the molecule is CCC(CC)(CNC(=O)c1c(C)cccc1C)C(=O)O. The molecule has 4 nitrogen and oxygen atoms in total. The van der Waals surface area contributed by atoms with Crippen molar-refractivity contribution in [1.29, 1.82) is 0 Å². The summed E-state index contributed by atoms with van der Waals surface area (Å²) in [6.07, 6.45) is 0.984. The van der Waals surface area contributed by atoms with Crippen molar-refractivity contribution in [2.45, 2.75) is 40.5 Å². The Morgan fingerprint density at radius 2 is 1.65 bits per heavy atom. The molecule has 0 fully saturated rings. The van der Waals surface area contributed by atoms with Gasteiger partial charge >= 0.3 is 5.97 Å². The molecule has 0 saturated heterocycles. The Balaban J connectivity index is 2.89. The average Bonchev–Trinajstić information content (AvgIpc) is 2.40. The van der Waals surface area contributed by atoms with Crippen LogP contribution in [0.15, 0.2) is 18.2 Å². The fourth-order valence-corrected chi connectivity index (χ4v) is 2.39. The van der Waals surface area contributed by atoms with Crippen molar-refractivity contribution in [3.8, 4) is 0 Å². The Kier molecular flexibility index (Phi) is 5.31. The fourth-order valence-electron chi connectivity index (χ4n) is 2.39. The van der Waals surface area contributed by atoms with Crippen LogP contribution in [-0.2, 0) is 4.79 Å². The van der Waals surface area contributed by atoms with Crippen molar-refractivity contribution in [2.24, 2.45) is 5.41 Å². The first-order valence-corrected chi connectivity index (χ1v) is 6.95. The molecule has 0 heterocycles. The van der Waals surface area contributed by atoms with E-state index in [9.17, 15) is 14.7 Å². The number of carboxylic acid groups (broad SMARTS) is 1. The zero-order chi connectivity index (χ0) is 15.3. The number of nitrogens with one attached hydrogen (secondary N) is 1. The Morgan fingerprint density at radius 1 is 1.15 bits per heavy atom. The Labute approximate surface area is 120 Å². The summed E-state index contributed by atoms with van der Waals surface area (Å²) in [5, 5.41) is 12.2. The zero-order valence-electron chi connectivity index (χ0n) is 12.6. The summed E-state index contributed by atoms with van der Waals surface area (Å²) >= 11 is 0. The maximum atomic E-state index is 12.3. The summed E-state index contributed by atoms with van der Waals surface area (Å²) in [4.78, 5) is 23.7. The summed E-state index contributed by atoms with van der Waals surface area (Å²) in [6, 6.07) is 5.67. The first-order valence-electron chi connectivity index (χ1n) is 6.95. The summed E-state index contributed by atoms with van der Waals surface area (Å²) in [5.74, 6) is -1.06. The third-order valence-corrected chi connectivity index (χ3v) is 4.10. The van der Waals surface area contributed by atoms with E-state index in [0.29, 0.717) is 18.4 Å². The minimum absolute atomic E-state index is 0.155. The highest BCUT2D eigenvalue weighted by atomic mass is 16.4. The quantitative estimate of drug-likeness (QED) is 0.840. The number of aliphatic carboxylic acids is 1. The van der Waals surface area contributed by atoms with Gasteiger partial charge < -0.3 is 10.4 Å². The summed E-state index contributed by atoms with van der Waals surface area (Å²) < 4.78 is 0. The normalized spacial score (nSPS) is 11.2. The molecule has 1 aromatic carbocycles. The lowest BCUT2D eigenvalue weighted by molar-refractivity contribution is -0.149. The van der Waals surface area contributed by atoms with E-state index < -0.39 is 11.4 Å². The number of carbonyl (C=O) groups excluding carboxylic acids is 1. The molecule has 2 N–H and O–H groups in total. The van der Waals surface area contributed by atoms with Crippen LogP contribution in [0.25, 0.3) is 0 Å². The van der Waals surface area contributed by atoms with Gasteiger partial charge in [0.1, 0.15) is 0 Å². The molecular formula is C16H23NO3. The van der Waals surface area contributed by atoms with Crippen LogP contribution in [0.3, 0.4) is 0 Å². The van der Waals surface area contributed by atoms with Gasteiger partial charge in [-0.1, -0.05) is 32.0 Å². The second kappa shape index (κ2) is 6.55. The Morgan fingerprint density at radius 3 is 2.05 bits per heavy atom. The number of hydrogen-bond donors (Lipinski definition) is 2.